The van der Waals surface area contributed by atoms with Crippen LogP contribution in [-0.2, 0) is 13.0 Å². The molecule has 2 N–H and O–H groups in total. The summed E-state index contributed by atoms with van der Waals surface area (Å²) in [5.74, 6) is 1.09. The molecule has 6 heteroatoms. The molecule has 1 aromatic carbocycles. The zero-order valence-corrected chi connectivity index (χ0v) is 13.3. The molecule has 0 aliphatic carbocycles. The first kappa shape index (κ1) is 15.7. The molecule has 0 bridgehead atoms. The lowest BCUT2D eigenvalue weighted by molar-refractivity contribution is 0.102. The lowest BCUT2D eigenvalue weighted by Gasteiger charge is -2.10. The van der Waals surface area contributed by atoms with Crippen LogP contribution in [0.25, 0.3) is 0 Å². The van der Waals surface area contributed by atoms with Crippen molar-refractivity contribution >= 4 is 17.4 Å². The highest BCUT2D eigenvalue weighted by atomic mass is 16.3. The van der Waals surface area contributed by atoms with Crippen LogP contribution < -0.4 is 10.6 Å². The largest absolute Gasteiger partial charge is 0.467 e. The molecule has 0 spiro atoms. The average Bonchev–Trinajstić information content (AvgIpc) is 3.14. The Kier molecular flexibility index (Phi) is 4.86. The predicted octanol–water partition coefficient (Wildman–Crippen LogP) is 3.50. The van der Waals surface area contributed by atoms with E-state index >= 15 is 0 Å². The van der Waals surface area contributed by atoms with Crippen LogP contribution >= 0.6 is 0 Å². The maximum absolute atomic E-state index is 12.4. The van der Waals surface area contributed by atoms with Gasteiger partial charge >= 0.3 is 0 Å². The van der Waals surface area contributed by atoms with E-state index in [0.29, 0.717) is 18.1 Å². The Hall–Kier alpha value is -3.15. The Morgan fingerprint density at radius 3 is 2.83 bits per heavy atom. The van der Waals surface area contributed by atoms with Gasteiger partial charge in [0.05, 0.1) is 12.8 Å². The first-order valence-corrected chi connectivity index (χ1v) is 7.74. The number of nitrogens with one attached hydrogen (secondary N) is 2. The SMILES string of the molecule is CCc1ccccc1NC(=O)c1cc(NCc2ccco2)ncn1. The smallest absolute Gasteiger partial charge is 0.274 e. The summed E-state index contributed by atoms with van der Waals surface area (Å²) in [7, 11) is 0. The van der Waals surface area contributed by atoms with E-state index in [1.54, 1.807) is 12.3 Å². The molecule has 2 aromatic heterocycles. The van der Waals surface area contributed by atoms with Crippen LogP contribution in [-0.4, -0.2) is 15.9 Å². The molecule has 0 aliphatic heterocycles. The molecule has 2 heterocycles. The van der Waals surface area contributed by atoms with Gasteiger partial charge in [-0.15, -0.1) is 0 Å². The van der Waals surface area contributed by atoms with E-state index in [1.807, 2.05) is 43.3 Å². The summed E-state index contributed by atoms with van der Waals surface area (Å²) in [4.78, 5) is 20.6. The molecule has 0 radical (unpaired) electrons. The molecule has 0 aliphatic rings. The number of hydrogen-bond acceptors (Lipinski definition) is 5. The minimum absolute atomic E-state index is 0.264. The Balaban J connectivity index is 1.69. The number of para-hydroxylation sites is 1. The molecule has 3 aromatic rings. The third-order valence-electron chi connectivity index (χ3n) is 3.57. The zero-order chi connectivity index (χ0) is 16.8. The van der Waals surface area contributed by atoms with E-state index in [9.17, 15) is 4.79 Å². The maximum atomic E-state index is 12.4. The molecule has 1 amide bonds. The van der Waals surface area contributed by atoms with Gasteiger partial charge < -0.3 is 15.1 Å². The number of amides is 1. The van der Waals surface area contributed by atoms with Crippen LogP contribution in [0, 0.1) is 0 Å². The van der Waals surface area contributed by atoms with Crippen molar-refractivity contribution in [2.75, 3.05) is 10.6 Å². The van der Waals surface area contributed by atoms with Crippen molar-refractivity contribution in [2.45, 2.75) is 19.9 Å². The van der Waals surface area contributed by atoms with Gasteiger partial charge in [0, 0.05) is 11.8 Å². The van der Waals surface area contributed by atoms with E-state index in [0.717, 1.165) is 23.4 Å². The third kappa shape index (κ3) is 3.78. The van der Waals surface area contributed by atoms with Gasteiger partial charge in [0.25, 0.3) is 5.91 Å². The molecule has 0 atom stereocenters. The standard InChI is InChI=1S/C18H18N4O2/c1-2-13-6-3-4-8-15(13)22-18(23)16-10-17(21-12-20-16)19-11-14-7-5-9-24-14/h3-10,12H,2,11H2,1H3,(H,22,23)(H,19,20,21). The zero-order valence-electron chi connectivity index (χ0n) is 13.3. The second kappa shape index (κ2) is 7.41. The number of anilines is 2. The summed E-state index contributed by atoms with van der Waals surface area (Å²) in [6.45, 7) is 2.54. The quantitative estimate of drug-likeness (QED) is 0.726. The summed E-state index contributed by atoms with van der Waals surface area (Å²) < 4.78 is 5.25. The lowest BCUT2D eigenvalue weighted by atomic mass is 10.1. The summed E-state index contributed by atoms with van der Waals surface area (Å²) >= 11 is 0. The topological polar surface area (TPSA) is 80.0 Å². The number of carbonyl (C=O) groups is 1. The van der Waals surface area contributed by atoms with Crippen LogP contribution in [0.2, 0.25) is 0 Å². The number of rotatable bonds is 6. The number of benzene rings is 1. The highest BCUT2D eigenvalue weighted by Crippen LogP contribution is 2.17. The molecule has 122 valence electrons. The van der Waals surface area contributed by atoms with Gasteiger partial charge in [0.15, 0.2) is 0 Å². The van der Waals surface area contributed by atoms with Crippen molar-refractivity contribution in [1.82, 2.24) is 9.97 Å². The van der Waals surface area contributed by atoms with Crippen LogP contribution in [0.5, 0.6) is 0 Å². The first-order valence-electron chi connectivity index (χ1n) is 7.74. The Bertz CT molecular complexity index is 815. The van der Waals surface area contributed by atoms with Gasteiger partial charge in [-0.2, -0.15) is 0 Å². The van der Waals surface area contributed by atoms with E-state index in [4.69, 9.17) is 4.42 Å². The fraction of sp³-hybridized carbons (Fsp3) is 0.167. The van der Waals surface area contributed by atoms with Crippen molar-refractivity contribution in [1.29, 1.82) is 0 Å². The second-order valence-corrected chi connectivity index (χ2v) is 5.19. The van der Waals surface area contributed by atoms with E-state index in [2.05, 4.69) is 20.6 Å². The lowest BCUT2D eigenvalue weighted by Crippen LogP contribution is -2.15. The number of aryl methyl sites for hydroxylation is 1. The summed E-state index contributed by atoms with van der Waals surface area (Å²) in [5, 5.41) is 6.00. The van der Waals surface area contributed by atoms with Gasteiger partial charge in [0.2, 0.25) is 0 Å². The van der Waals surface area contributed by atoms with Gasteiger partial charge in [-0.05, 0) is 30.2 Å². The molecular weight excluding hydrogens is 304 g/mol. The van der Waals surface area contributed by atoms with Crippen LogP contribution in [0.3, 0.4) is 0 Å². The molecule has 0 saturated heterocycles. The number of carbonyl (C=O) groups excluding carboxylic acids is 1. The minimum atomic E-state index is -0.264. The third-order valence-corrected chi connectivity index (χ3v) is 3.57. The number of aromatic nitrogens is 2. The molecule has 6 nitrogen and oxygen atoms in total. The minimum Gasteiger partial charge on any atom is -0.467 e. The fourth-order valence-corrected chi connectivity index (χ4v) is 2.31. The monoisotopic (exact) mass is 322 g/mol. The molecular formula is C18H18N4O2. The van der Waals surface area contributed by atoms with Crippen molar-refractivity contribution in [3.05, 3.63) is 72.1 Å². The van der Waals surface area contributed by atoms with E-state index in [-0.39, 0.29) is 5.91 Å². The average molecular weight is 322 g/mol. The Labute approximate surface area is 140 Å². The summed E-state index contributed by atoms with van der Waals surface area (Å²) in [6.07, 6.45) is 3.82. The summed E-state index contributed by atoms with van der Waals surface area (Å²) in [5.41, 5.74) is 2.18. The highest BCUT2D eigenvalue weighted by Gasteiger charge is 2.11. The van der Waals surface area contributed by atoms with Crippen LogP contribution in [0.4, 0.5) is 11.5 Å². The highest BCUT2D eigenvalue weighted by molar-refractivity contribution is 6.03. The van der Waals surface area contributed by atoms with E-state index in [1.165, 1.54) is 6.33 Å². The van der Waals surface area contributed by atoms with E-state index < -0.39 is 0 Å². The molecule has 0 fully saturated rings. The number of furan rings is 1. The normalized spacial score (nSPS) is 10.4. The Morgan fingerprint density at radius 2 is 2.04 bits per heavy atom. The molecule has 0 unspecified atom stereocenters. The van der Waals surface area contributed by atoms with Gasteiger partial charge in [-0.3, -0.25) is 4.79 Å². The number of hydrogen-bond donors (Lipinski definition) is 2. The van der Waals surface area contributed by atoms with Crippen molar-refractivity contribution < 1.29 is 9.21 Å². The van der Waals surface area contributed by atoms with Crippen molar-refractivity contribution in [3.63, 3.8) is 0 Å². The molecule has 0 saturated carbocycles. The first-order chi connectivity index (χ1) is 11.8. The van der Waals surface area contributed by atoms with Crippen LogP contribution in [0.15, 0.2) is 59.5 Å². The molecule has 24 heavy (non-hydrogen) atoms. The van der Waals surface area contributed by atoms with Crippen molar-refractivity contribution in [3.8, 4) is 0 Å². The fourth-order valence-electron chi connectivity index (χ4n) is 2.31. The van der Waals surface area contributed by atoms with Gasteiger partial charge in [-0.1, -0.05) is 25.1 Å². The molecule has 3 rings (SSSR count). The number of nitrogens with zero attached hydrogens (tertiary/aromatic N) is 2. The van der Waals surface area contributed by atoms with Gasteiger partial charge in [-0.25, -0.2) is 9.97 Å². The second-order valence-electron chi connectivity index (χ2n) is 5.19. The predicted molar refractivity (Wildman–Crippen MR) is 91.8 cm³/mol. The van der Waals surface area contributed by atoms with Gasteiger partial charge in [0.1, 0.15) is 23.6 Å². The Morgan fingerprint density at radius 1 is 1.17 bits per heavy atom. The van der Waals surface area contributed by atoms with Crippen LogP contribution in [0.1, 0.15) is 28.7 Å². The maximum Gasteiger partial charge on any atom is 0.274 e. The van der Waals surface area contributed by atoms with Crippen molar-refractivity contribution in [2.24, 2.45) is 0 Å². The summed E-state index contributed by atoms with van der Waals surface area (Å²) in [6, 6.07) is 13.0.